The van der Waals surface area contributed by atoms with Crippen LogP contribution in [0.25, 0.3) is 0 Å². The second-order valence-corrected chi connectivity index (χ2v) is 8.22. The average molecular weight is 488 g/mol. The Morgan fingerprint density at radius 2 is 1.69 bits per heavy atom. The lowest BCUT2D eigenvalue weighted by atomic mass is 9.74. The SMILES string of the molecule is CC.CC.CCC1(C)c2ccccc2[N+]1(/C=C/C1=C(OC)CC(N)C=C1)c1cc(F)c(F)c(F)c1. The summed E-state index contributed by atoms with van der Waals surface area (Å²) in [7, 11) is 1.60. The van der Waals surface area contributed by atoms with Crippen molar-refractivity contribution in [2.24, 2.45) is 5.73 Å². The molecule has 1 aliphatic carbocycles. The zero-order valence-electron chi connectivity index (χ0n) is 21.8. The average Bonchev–Trinajstić information content (AvgIpc) is 2.89. The van der Waals surface area contributed by atoms with E-state index < -0.39 is 23.0 Å². The molecule has 0 saturated heterocycles. The molecule has 6 heteroatoms. The van der Waals surface area contributed by atoms with Gasteiger partial charge in [0.15, 0.2) is 23.1 Å². The molecule has 35 heavy (non-hydrogen) atoms. The van der Waals surface area contributed by atoms with Gasteiger partial charge in [-0.2, -0.15) is 0 Å². The normalized spacial score (nSPS) is 24.6. The summed E-state index contributed by atoms with van der Waals surface area (Å²) in [5.74, 6) is -3.13. The van der Waals surface area contributed by atoms with Crippen molar-refractivity contribution in [1.82, 2.24) is 4.48 Å². The summed E-state index contributed by atoms with van der Waals surface area (Å²) in [6.07, 6.45) is 8.85. The quantitative estimate of drug-likeness (QED) is 0.341. The third-order valence-electron chi connectivity index (χ3n) is 6.70. The molecule has 0 radical (unpaired) electrons. The summed E-state index contributed by atoms with van der Waals surface area (Å²) < 4.78 is 48.0. The first-order chi connectivity index (χ1) is 16.8. The van der Waals surface area contributed by atoms with Crippen LogP contribution in [0.2, 0.25) is 0 Å². The van der Waals surface area contributed by atoms with E-state index in [1.165, 1.54) is 0 Å². The molecular weight excluding hydrogens is 449 g/mol. The van der Waals surface area contributed by atoms with Gasteiger partial charge >= 0.3 is 0 Å². The van der Waals surface area contributed by atoms with Crippen LogP contribution < -0.4 is 10.2 Å². The largest absolute Gasteiger partial charge is 0.500 e. The lowest BCUT2D eigenvalue weighted by molar-refractivity contribution is 0.179. The Hall–Kier alpha value is -2.83. The maximum atomic E-state index is 14.3. The maximum Gasteiger partial charge on any atom is 0.194 e. The van der Waals surface area contributed by atoms with Crippen molar-refractivity contribution in [2.75, 3.05) is 7.11 Å². The van der Waals surface area contributed by atoms with E-state index in [2.05, 4.69) is 6.92 Å². The summed E-state index contributed by atoms with van der Waals surface area (Å²) in [5.41, 5.74) is 8.66. The molecular formula is C29H38F3N2O+. The summed E-state index contributed by atoms with van der Waals surface area (Å²) in [6.45, 7) is 12.1. The molecule has 2 N–H and O–H groups in total. The van der Waals surface area contributed by atoms with Gasteiger partial charge in [-0.1, -0.05) is 58.9 Å². The zero-order chi connectivity index (χ0) is 26.4. The van der Waals surface area contributed by atoms with Gasteiger partial charge in [-0.25, -0.2) is 17.7 Å². The number of nitrogens with two attached hydrogens (primary N) is 1. The zero-order valence-corrected chi connectivity index (χ0v) is 21.8. The summed E-state index contributed by atoms with van der Waals surface area (Å²) in [5, 5.41) is 0. The van der Waals surface area contributed by atoms with Crippen molar-refractivity contribution in [1.29, 1.82) is 0 Å². The van der Waals surface area contributed by atoms with Gasteiger partial charge in [-0.05, 0) is 13.0 Å². The highest BCUT2D eigenvalue weighted by molar-refractivity contribution is 5.76. The minimum atomic E-state index is -1.47. The van der Waals surface area contributed by atoms with Crippen LogP contribution in [0.15, 0.2) is 72.2 Å². The van der Waals surface area contributed by atoms with Crippen LogP contribution in [-0.2, 0) is 10.3 Å². The first kappa shape index (κ1) is 28.4. The van der Waals surface area contributed by atoms with Crippen molar-refractivity contribution in [2.45, 2.75) is 66.0 Å². The van der Waals surface area contributed by atoms with Crippen molar-refractivity contribution < 1.29 is 17.9 Å². The molecule has 0 fully saturated rings. The van der Waals surface area contributed by atoms with Crippen LogP contribution in [0, 0.1) is 17.5 Å². The molecule has 2 aliphatic rings. The predicted molar refractivity (Wildman–Crippen MR) is 139 cm³/mol. The number of para-hydroxylation sites is 1. The van der Waals surface area contributed by atoms with Gasteiger partial charge in [-0.3, -0.25) is 0 Å². The molecule has 3 nitrogen and oxygen atoms in total. The number of quaternary nitrogens is 1. The Kier molecular flexibility index (Phi) is 9.52. The summed E-state index contributed by atoms with van der Waals surface area (Å²) in [4.78, 5) is 0. The molecule has 1 heterocycles. The van der Waals surface area contributed by atoms with E-state index in [-0.39, 0.29) is 10.5 Å². The number of nitrogens with zero attached hydrogens (tertiary/aromatic N) is 1. The molecule has 2 aromatic carbocycles. The van der Waals surface area contributed by atoms with Gasteiger partial charge in [0, 0.05) is 48.7 Å². The Bertz CT molecular complexity index is 1100. The number of hydrogen-bond acceptors (Lipinski definition) is 2. The first-order valence-electron chi connectivity index (χ1n) is 12.3. The number of fused-ring (bicyclic) bond motifs is 1. The Labute approximate surface area is 208 Å². The predicted octanol–water partition coefficient (Wildman–Crippen LogP) is 8.14. The van der Waals surface area contributed by atoms with Gasteiger partial charge in [0.1, 0.15) is 23.2 Å². The topological polar surface area (TPSA) is 35.2 Å². The van der Waals surface area contributed by atoms with Crippen LogP contribution in [0.5, 0.6) is 0 Å². The van der Waals surface area contributed by atoms with E-state index in [1.807, 2.05) is 83.3 Å². The number of methoxy groups -OCH3 is 1. The Morgan fingerprint density at radius 3 is 2.26 bits per heavy atom. The lowest BCUT2D eigenvalue weighted by Gasteiger charge is -2.57. The second-order valence-electron chi connectivity index (χ2n) is 8.22. The smallest absolute Gasteiger partial charge is 0.194 e. The standard InChI is InChI=1S/C25H26F3N2O.2C2H6/c1-4-25(2)19-7-5-6-8-22(19)30(25,18-14-20(26)24(28)21(27)15-18)12-11-16-9-10-17(29)13-23(16)31-3;2*1-2/h5-12,14-15,17H,4,13,29H2,1-3H3;2*1-2H3/q+1;;/b12-11+;;. The third-order valence-corrected chi connectivity index (χ3v) is 6.70. The molecule has 2 aromatic rings. The highest BCUT2D eigenvalue weighted by atomic mass is 19.2. The van der Waals surface area contributed by atoms with E-state index in [0.29, 0.717) is 18.5 Å². The molecule has 0 saturated carbocycles. The minimum absolute atomic E-state index is 0.0637. The van der Waals surface area contributed by atoms with Crippen LogP contribution in [-0.4, -0.2) is 13.2 Å². The minimum Gasteiger partial charge on any atom is -0.500 e. The fourth-order valence-electron chi connectivity index (χ4n) is 4.84. The number of benzene rings is 2. The van der Waals surface area contributed by atoms with Crippen molar-refractivity contribution in [3.05, 3.63) is 95.2 Å². The van der Waals surface area contributed by atoms with Gasteiger partial charge in [0.05, 0.1) is 12.7 Å². The number of hydrogen-bond donors (Lipinski definition) is 1. The van der Waals surface area contributed by atoms with Crippen LogP contribution in [0.4, 0.5) is 24.5 Å². The molecule has 0 amide bonds. The number of allylic oxidation sites excluding steroid dienone is 3. The molecule has 0 aromatic heterocycles. The molecule has 1 aliphatic heterocycles. The molecule has 3 atom stereocenters. The number of ether oxygens (including phenoxy) is 1. The number of rotatable bonds is 5. The van der Waals surface area contributed by atoms with E-state index in [9.17, 15) is 13.2 Å². The fourth-order valence-corrected chi connectivity index (χ4v) is 4.84. The lowest BCUT2D eigenvalue weighted by Crippen LogP contribution is -2.63. The maximum absolute atomic E-state index is 14.3. The molecule has 0 bridgehead atoms. The van der Waals surface area contributed by atoms with Gasteiger partial charge in [0.2, 0.25) is 0 Å². The summed E-state index contributed by atoms with van der Waals surface area (Å²) >= 11 is 0. The Morgan fingerprint density at radius 1 is 1.09 bits per heavy atom. The third kappa shape index (κ3) is 4.69. The first-order valence-corrected chi connectivity index (χ1v) is 12.3. The second kappa shape index (κ2) is 11.7. The van der Waals surface area contributed by atoms with Crippen molar-refractivity contribution in [3.8, 4) is 0 Å². The summed E-state index contributed by atoms with van der Waals surface area (Å²) in [6, 6.07) is 9.86. The van der Waals surface area contributed by atoms with Crippen LogP contribution in [0.1, 0.15) is 59.9 Å². The van der Waals surface area contributed by atoms with Gasteiger partial charge in [0.25, 0.3) is 0 Å². The van der Waals surface area contributed by atoms with Crippen LogP contribution in [0.3, 0.4) is 0 Å². The van der Waals surface area contributed by atoms with Gasteiger partial charge in [-0.15, -0.1) is 0 Å². The van der Waals surface area contributed by atoms with Crippen LogP contribution >= 0.6 is 0 Å². The van der Waals surface area contributed by atoms with E-state index in [4.69, 9.17) is 10.5 Å². The fraction of sp³-hybridized carbons (Fsp3) is 0.379. The van der Waals surface area contributed by atoms with Gasteiger partial charge < -0.3 is 10.5 Å². The number of halogens is 3. The van der Waals surface area contributed by atoms with E-state index >= 15 is 0 Å². The molecule has 190 valence electrons. The molecule has 3 unspecified atom stereocenters. The Balaban J connectivity index is 0.00000103. The van der Waals surface area contributed by atoms with E-state index in [1.54, 1.807) is 7.11 Å². The van der Waals surface area contributed by atoms with E-state index in [0.717, 1.165) is 34.7 Å². The molecule has 0 spiro atoms. The van der Waals surface area contributed by atoms with Crippen molar-refractivity contribution in [3.63, 3.8) is 0 Å². The molecule has 4 rings (SSSR count). The highest BCUT2D eigenvalue weighted by Crippen LogP contribution is 2.61. The highest BCUT2D eigenvalue weighted by Gasteiger charge is 2.61. The van der Waals surface area contributed by atoms with Crippen molar-refractivity contribution >= 4 is 11.4 Å². The monoisotopic (exact) mass is 487 g/mol.